The number of allylic oxidation sites excluding steroid dienone is 6. The molecule has 0 bridgehead atoms. The van der Waals surface area contributed by atoms with Crippen LogP contribution in [0.2, 0.25) is 0 Å². The summed E-state index contributed by atoms with van der Waals surface area (Å²) in [5.74, 6) is -0.236. The van der Waals surface area contributed by atoms with Gasteiger partial charge in [-0.05, 0) is 51.4 Å². The molecule has 12 N–H and O–H groups in total. The van der Waals surface area contributed by atoms with Crippen molar-refractivity contribution < 1.29 is 89.4 Å². The lowest BCUT2D eigenvalue weighted by Gasteiger charge is -2.48. The molecule has 0 spiro atoms. The van der Waals surface area contributed by atoms with Gasteiger partial charge in [0.1, 0.15) is 73.2 Å². The first-order valence-electron chi connectivity index (χ1n) is 42.7. The highest BCUT2D eigenvalue weighted by Gasteiger charge is 2.54. The van der Waals surface area contributed by atoms with E-state index in [2.05, 4.69) is 55.6 Å². The fourth-order valence-corrected chi connectivity index (χ4v) is 14.6. The minimum atomic E-state index is -1.97. The number of aliphatic hydroxyl groups excluding tert-OH is 11. The number of aliphatic hydroxyl groups is 11. The number of hydrogen-bond acceptors (Lipinski definition) is 18. The zero-order valence-corrected chi connectivity index (χ0v) is 65.1. The third-order valence-electron chi connectivity index (χ3n) is 21.5. The Morgan fingerprint density at radius 1 is 0.350 bits per heavy atom. The average Bonchev–Trinajstić information content (AvgIpc) is 0.781. The van der Waals surface area contributed by atoms with Crippen LogP contribution in [0.5, 0.6) is 0 Å². The fraction of sp³-hybridized carbons (Fsp3) is 0.917. The summed E-state index contributed by atoms with van der Waals surface area (Å²) in [6.45, 7) is 1.85. The molecule has 19 heteroatoms. The minimum Gasteiger partial charge on any atom is -0.394 e. The molecule has 0 aromatic rings. The second kappa shape index (κ2) is 64.8. The van der Waals surface area contributed by atoms with Crippen molar-refractivity contribution in [3.8, 4) is 0 Å². The number of rotatable bonds is 69. The Bertz CT molecular complexity index is 2000. The number of amides is 1. The van der Waals surface area contributed by atoms with Crippen LogP contribution in [0.1, 0.15) is 361 Å². The van der Waals surface area contributed by atoms with Crippen LogP contribution in [-0.4, -0.2) is 193 Å². The molecule has 3 rings (SSSR count). The molecule has 0 radical (unpaired) electrons. The zero-order chi connectivity index (χ0) is 74.6. The Hall–Kier alpha value is -1.99. The van der Waals surface area contributed by atoms with Crippen molar-refractivity contribution in [1.29, 1.82) is 0 Å². The van der Waals surface area contributed by atoms with Crippen molar-refractivity contribution in [1.82, 2.24) is 5.32 Å². The molecule has 0 aromatic heterocycles. The number of carbonyl (C=O) groups excluding carboxylic acids is 1. The molecular weight excluding hydrogens is 1310 g/mol. The number of nitrogens with one attached hydrogen (secondary N) is 1. The zero-order valence-electron chi connectivity index (χ0n) is 65.1. The Labute approximate surface area is 625 Å². The SMILES string of the molecule is CCCCCCC/C=C\C/C=C\C/C=C\CCCCCCCCCCCCCCCCCCCCC(=O)NC(COC1OC(CO)C(OC2OC(CO)C(OC3OC(CO)C(O)C(O)C3O)C(O)C2O)C(O)C1O)C(O)CCCCCCCCCCCCCCCCCCCCCCCCCCC. The van der Waals surface area contributed by atoms with E-state index in [9.17, 15) is 61.0 Å². The van der Waals surface area contributed by atoms with Gasteiger partial charge in [-0.2, -0.15) is 0 Å². The summed E-state index contributed by atoms with van der Waals surface area (Å²) in [7, 11) is 0. The fourth-order valence-electron chi connectivity index (χ4n) is 14.6. The van der Waals surface area contributed by atoms with Crippen molar-refractivity contribution in [2.24, 2.45) is 0 Å². The van der Waals surface area contributed by atoms with Gasteiger partial charge in [0.2, 0.25) is 5.91 Å². The van der Waals surface area contributed by atoms with Crippen LogP contribution in [-0.2, 0) is 33.2 Å². The van der Waals surface area contributed by atoms with E-state index in [1.807, 2.05) is 0 Å². The third-order valence-corrected chi connectivity index (χ3v) is 21.5. The lowest BCUT2D eigenvalue weighted by molar-refractivity contribution is -0.379. The highest BCUT2D eigenvalue weighted by Crippen LogP contribution is 2.33. The minimum absolute atomic E-state index is 0.236. The third kappa shape index (κ3) is 44.5. The van der Waals surface area contributed by atoms with E-state index in [0.717, 1.165) is 57.8 Å². The van der Waals surface area contributed by atoms with Crippen LogP contribution < -0.4 is 5.32 Å². The quantitative estimate of drug-likeness (QED) is 0.0199. The van der Waals surface area contributed by atoms with E-state index in [-0.39, 0.29) is 18.9 Å². The van der Waals surface area contributed by atoms with Gasteiger partial charge in [-0.3, -0.25) is 4.79 Å². The maximum Gasteiger partial charge on any atom is 0.220 e. The van der Waals surface area contributed by atoms with Crippen LogP contribution in [0.4, 0.5) is 0 Å². The summed E-state index contributed by atoms with van der Waals surface area (Å²) < 4.78 is 34.6. The predicted molar refractivity (Wildman–Crippen MR) is 411 cm³/mol. The van der Waals surface area contributed by atoms with Gasteiger partial charge >= 0.3 is 0 Å². The Morgan fingerprint density at radius 2 is 0.641 bits per heavy atom. The summed E-state index contributed by atoms with van der Waals surface area (Å²) in [6, 6.07) is -0.888. The van der Waals surface area contributed by atoms with E-state index >= 15 is 0 Å². The topological polar surface area (TPSA) is 307 Å². The van der Waals surface area contributed by atoms with Gasteiger partial charge in [0.25, 0.3) is 0 Å². The van der Waals surface area contributed by atoms with Gasteiger partial charge in [-0.25, -0.2) is 0 Å². The van der Waals surface area contributed by atoms with Crippen LogP contribution in [0.3, 0.4) is 0 Å². The highest BCUT2D eigenvalue weighted by molar-refractivity contribution is 5.76. The van der Waals surface area contributed by atoms with E-state index < -0.39 is 124 Å². The summed E-state index contributed by atoms with van der Waals surface area (Å²) in [5.41, 5.74) is 0. The van der Waals surface area contributed by atoms with Crippen molar-refractivity contribution in [3.05, 3.63) is 36.5 Å². The van der Waals surface area contributed by atoms with Gasteiger partial charge < -0.3 is 89.9 Å². The molecule has 0 aromatic carbocycles. The predicted octanol–water partition coefficient (Wildman–Crippen LogP) is 15.1. The standard InChI is InChI=1S/C84H157NO18/c1-3-5-7-9-11-13-15-17-19-21-23-25-27-29-30-31-32-33-34-35-36-38-40-42-44-46-48-50-52-54-56-58-60-62-72(90)85-67(68(89)61-59-57-55-53-51-49-47-45-43-41-39-37-28-26-24-22-20-18-16-14-12-10-8-6-4-2)66-98-82-78(96)75(93)80(70(64-87)100-82)103-84-79(97)76(94)81(71(65-88)101-84)102-83-77(95)74(92)73(91)69(63-86)99-83/h15,17,21,23,27,29,67-71,73-84,86-89,91-97H,3-14,16,18-20,22,24-26,28,30-66H2,1-2H3,(H,85,90)/b17-15-,23-21-,29-27-. The Morgan fingerprint density at radius 3 is 1.00 bits per heavy atom. The Kier molecular flexibility index (Phi) is 59.9. The Balaban J connectivity index is 1.34. The lowest BCUT2D eigenvalue weighted by Crippen LogP contribution is -2.66. The molecule has 3 aliphatic heterocycles. The number of hydrogen-bond donors (Lipinski definition) is 12. The van der Waals surface area contributed by atoms with Crippen molar-refractivity contribution >= 4 is 5.91 Å². The van der Waals surface area contributed by atoms with Gasteiger partial charge in [-0.1, -0.05) is 339 Å². The second-order valence-corrected chi connectivity index (χ2v) is 30.7. The molecule has 17 atom stereocenters. The monoisotopic (exact) mass is 1470 g/mol. The van der Waals surface area contributed by atoms with Crippen molar-refractivity contribution in [3.63, 3.8) is 0 Å². The maximum absolute atomic E-state index is 13.5. The van der Waals surface area contributed by atoms with Crippen LogP contribution in [0.25, 0.3) is 0 Å². The smallest absolute Gasteiger partial charge is 0.220 e. The largest absolute Gasteiger partial charge is 0.394 e. The number of unbranched alkanes of at least 4 members (excludes halogenated alkanes) is 47. The molecule has 606 valence electrons. The van der Waals surface area contributed by atoms with Crippen molar-refractivity contribution in [2.75, 3.05) is 26.4 Å². The normalized spacial score (nSPS) is 26.2. The van der Waals surface area contributed by atoms with Gasteiger partial charge in [0, 0.05) is 6.42 Å². The average molecular weight is 1470 g/mol. The van der Waals surface area contributed by atoms with Crippen LogP contribution in [0, 0.1) is 0 Å². The number of ether oxygens (including phenoxy) is 6. The second-order valence-electron chi connectivity index (χ2n) is 30.7. The van der Waals surface area contributed by atoms with E-state index in [4.69, 9.17) is 28.4 Å². The molecule has 0 aliphatic carbocycles. The van der Waals surface area contributed by atoms with E-state index in [0.29, 0.717) is 12.8 Å². The van der Waals surface area contributed by atoms with Crippen LogP contribution in [0.15, 0.2) is 36.5 Å². The van der Waals surface area contributed by atoms with Crippen molar-refractivity contribution in [2.45, 2.75) is 465 Å². The van der Waals surface area contributed by atoms with Gasteiger partial charge in [0.05, 0.1) is 38.6 Å². The van der Waals surface area contributed by atoms with E-state index in [1.54, 1.807) is 0 Å². The summed E-state index contributed by atoms with van der Waals surface area (Å²) in [4.78, 5) is 13.5. The lowest BCUT2D eigenvalue weighted by atomic mass is 9.96. The van der Waals surface area contributed by atoms with Gasteiger partial charge in [-0.15, -0.1) is 0 Å². The molecule has 1 amide bonds. The molecule has 103 heavy (non-hydrogen) atoms. The molecule has 3 saturated heterocycles. The molecule has 0 saturated carbocycles. The first kappa shape index (κ1) is 95.2. The van der Waals surface area contributed by atoms with E-state index in [1.165, 1.54) is 270 Å². The molecule has 3 aliphatic rings. The molecule has 3 fully saturated rings. The maximum atomic E-state index is 13.5. The summed E-state index contributed by atoms with van der Waals surface area (Å²) >= 11 is 0. The molecule has 3 heterocycles. The molecule has 19 nitrogen and oxygen atoms in total. The van der Waals surface area contributed by atoms with Crippen LogP contribution >= 0.6 is 0 Å². The molecular formula is C84H157NO18. The summed E-state index contributed by atoms with van der Waals surface area (Å²) in [6.07, 6.45) is 53.8. The number of carbonyl (C=O) groups is 1. The summed E-state index contributed by atoms with van der Waals surface area (Å²) in [5, 5.41) is 121. The first-order chi connectivity index (χ1) is 50.3. The highest BCUT2D eigenvalue weighted by atomic mass is 16.8. The molecule has 17 unspecified atom stereocenters. The first-order valence-corrected chi connectivity index (χ1v) is 42.7. The van der Waals surface area contributed by atoms with Gasteiger partial charge in [0.15, 0.2) is 18.9 Å².